The summed E-state index contributed by atoms with van der Waals surface area (Å²) in [6.07, 6.45) is 4.09. The van der Waals surface area contributed by atoms with Crippen molar-refractivity contribution in [3.8, 4) is 17.0 Å². The van der Waals surface area contributed by atoms with Gasteiger partial charge in [-0.1, -0.05) is 0 Å². The number of likely N-dealkylation sites (N-methyl/N-ethyl adjacent to an activating group) is 1. The van der Waals surface area contributed by atoms with E-state index in [1.807, 2.05) is 0 Å². The van der Waals surface area contributed by atoms with E-state index in [-0.39, 0.29) is 17.6 Å². The number of pyridine rings is 1. The van der Waals surface area contributed by atoms with Gasteiger partial charge in [-0.2, -0.15) is 13.9 Å². The molecule has 0 radical (unpaired) electrons. The van der Waals surface area contributed by atoms with E-state index in [9.17, 15) is 8.78 Å². The Kier molecular flexibility index (Phi) is 5.57. The van der Waals surface area contributed by atoms with E-state index in [2.05, 4.69) is 51.2 Å². The smallest absolute Gasteiger partial charge is 0.387 e. The van der Waals surface area contributed by atoms with Crippen molar-refractivity contribution in [1.82, 2.24) is 24.6 Å². The molecule has 2 N–H and O–H groups in total. The number of aromatic nitrogens is 3. The molecule has 3 aliphatic rings. The molecule has 0 aromatic carbocycles. The van der Waals surface area contributed by atoms with Crippen molar-refractivity contribution >= 4 is 5.82 Å². The van der Waals surface area contributed by atoms with Gasteiger partial charge in [-0.05, 0) is 57.7 Å². The number of ether oxygens (including phenoxy) is 1. The van der Waals surface area contributed by atoms with Gasteiger partial charge in [-0.25, -0.2) is 4.98 Å². The molecule has 0 unspecified atom stereocenters. The lowest BCUT2D eigenvalue weighted by molar-refractivity contribution is -0.0494. The first-order valence-corrected chi connectivity index (χ1v) is 11.5. The van der Waals surface area contributed by atoms with Gasteiger partial charge < -0.3 is 15.4 Å². The number of nitrogens with zero attached hydrogens (tertiary/aromatic N) is 5. The average molecular weight is 447 g/mol. The number of hydrogen-bond acceptors (Lipinski definition) is 6. The Bertz CT molecular complexity index is 959. The Labute approximate surface area is 187 Å². The van der Waals surface area contributed by atoms with Crippen molar-refractivity contribution in [3.63, 3.8) is 0 Å². The summed E-state index contributed by atoms with van der Waals surface area (Å²) in [4.78, 5) is 9.12. The highest BCUT2D eigenvalue weighted by atomic mass is 19.3. The first-order valence-electron chi connectivity index (χ1n) is 11.5. The van der Waals surface area contributed by atoms with Crippen molar-refractivity contribution in [1.29, 1.82) is 0 Å². The molecule has 9 heteroatoms. The monoisotopic (exact) mass is 446 g/mol. The molecule has 0 bridgehead atoms. The molecule has 1 saturated heterocycles. The number of hydrogen-bond donors (Lipinski definition) is 1. The molecule has 7 nitrogen and oxygen atoms in total. The van der Waals surface area contributed by atoms with Crippen LogP contribution >= 0.6 is 0 Å². The molecule has 3 heterocycles. The van der Waals surface area contributed by atoms with Crippen LogP contribution in [0.5, 0.6) is 5.75 Å². The number of halogens is 2. The Morgan fingerprint density at radius 1 is 1.09 bits per heavy atom. The van der Waals surface area contributed by atoms with Crippen molar-refractivity contribution in [3.05, 3.63) is 24.0 Å². The number of piperazine rings is 1. The van der Waals surface area contributed by atoms with Gasteiger partial charge in [0.25, 0.3) is 0 Å². The second-order valence-corrected chi connectivity index (χ2v) is 9.80. The summed E-state index contributed by atoms with van der Waals surface area (Å²) in [6.45, 7) is 5.96. The molecule has 0 amide bonds. The highest BCUT2D eigenvalue weighted by molar-refractivity contribution is 5.64. The molecule has 4 atom stereocenters. The highest BCUT2D eigenvalue weighted by Gasteiger charge is 2.58. The van der Waals surface area contributed by atoms with E-state index in [0.717, 1.165) is 18.8 Å². The molecule has 0 spiro atoms. The van der Waals surface area contributed by atoms with E-state index in [1.165, 1.54) is 37.7 Å². The van der Waals surface area contributed by atoms with Gasteiger partial charge in [0.15, 0.2) is 11.6 Å². The quantitative estimate of drug-likeness (QED) is 0.733. The number of nitrogen functional groups attached to an aromatic ring is 1. The predicted molar refractivity (Wildman–Crippen MR) is 119 cm³/mol. The SMILES string of the molecule is CC(C)n1nc(-c2cnc(N)c(OC(F)F)c2)cc1[C@H]1[C@@H]2C[C@H](N3CCN(C)CC3)C[C@@H]21. The van der Waals surface area contributed by atoms with Crippen LogP contribution in [0.3, 0.4) is 0 Å². The first-order chi connectivity index (χ1) is 15.3. The molecule has 5 rings (SSSR count). The number of rotatable bonds is 6. The lowest BCUT2D eigenvalue weighted by Gasteiger charge is -2.37. The van der Waals surface area contributed by atoms with Crippen molar-refractivity contribution in [2.75, 3.05) is 39.0 Å². The Morgan fingerprint density at radius 2 is 1.78 bits per heavy atom. The van der Waals surface area contributed by atoms with Gasteiger partial charge in [0.1, 0.15) is 0 Å². The van der Waals surface area contributed by atoms with E-state index < -0.39 is 6.61 Å². The Balaban J connectivity index is 1.34. The van der Waals surface area contributed by atoms with E-state index in [0.29, 0.717) is 29.4 Å². The molecule has 3 fully saturated rings. The Hall–Kier alpha value is -2.26. The topological polar surface area (TPSA) is 72.4 Å². The second-order valence-electron chi connectivity index (χ2n) is 9.80. The maximum absolute atomic E-state index is 12.7. The average Bonchev–Trinajstić information content (AvgIpc) is 3.09. The van der Waals surface area contributed by atoms with E-state index >= 15 is 0 Å². The summed E-state index contributed by atoms with van der Waals surface area (Å²) < 4.78 is 32.0. The summed E-state index contributed by atoms with van der Waals surface area (Å²) in [5.74, 6) is 1.79. The molecule has 2 aliphatic carbocycles. The van der Waals surface area contributed by atoms with Crippen LogP contribution in [-0.4, -0.2) is 70.4 Å². The molecule has 2 aromatic rings. The first kappa shape index (κ1) is 21.6. The fourth-order valence-corrected chi connectivity index (χ4v) is 5.73. The highest BCUT2D eigenvalue weighted by Crippen LogP contribution is 2.64. The van der Waals surface area contributed by atoms with Gasteiger partial charge >= 0.3 is 6.61 Å². The van der Waals surface area contributed by atoms with Gasteiger partial charge in [-0.3, -0.25) is 9.58 Å². The maximum Gasteiger partial charge on any atom is 0.387 e. The minimum atomic E-state index is -2.95. The zero-order chi connectivity index (χ0) is 22.6. The van der Waals surface area contributed by atoms with Gasteiger partial charge in [0.2, 0.25) is 0 Å². The van der Waals surface area contributed by atoms with Crippen LogP contribution in [-0.2, 0) is 0 Å². The lowest BCUT2D eigenvalue weighted by Crippen LogP contribution is -2.48. The zero-order valence-electron chi connectivity index (χ0n) is 18.9. The van der Waals surface area contributed by atoms with Crippen LogP contribution in [0.4, 0.5) is 14.6 Å². The summed E-state index contributed by atoms with van der Waals surface area (Å²) in [6, 6.07) is 4.53. The van der Waals surface area contributed by atoms with Crippen molar-refractivity contribution < 1.29 is 13.5 Å². The molecule has 32 heavy (non-hydrogen) atoms. The second kappa shape index (κ2) is 8.26. The van der Waals surface area contributed by atoms with Crippen LogP contribution < -0.4 is 10.5 Å². The van der Waals surface area contributed by atoms with Crippen LogP contribution in [0.15, 0.2) is 18.3 Å². The third-order valence-corrected chi connectivity index (χ3v) is 7.46. The van der Waals surface area contributed by atoms with Crippen molar-refractivity contribution in [2.24, 2.45) is 11.8 Å². The predicted octanol–water partition coefficient (Wildman–Crippen LogP) is 3.45. The van der Waals surface area contributed by atoms with Crippen LogP contribution in [0.2, 0.25) is 0 Å². The molecule has 2 saturated carbocycles. The summed E-state index contributed by atoms with van der Waals surface area (Å²) in [5.41, 5.74) is 8.30. The summed E-state index contributed by atoms with van der Waals surface area (Å²) in [7, 11) is 2.20. The zero-order valence-corrected chi connectivity index (χ0v) is 18.9. The normalized spacial score (nSPS) is 28.5. The Morgan fingerprint density at radius 3 is 2.41 bits per heavy atom. The van der Waals surface area contributed by atoms with Crippen LogP contribution in [0.1, 0.15) is 44.3 Å². The number of anilines is 1. The third-order valence-electron chi connectivity index (χ3n) is 7.46. The fraction of sp³-hybridized carbons (Fsp3) is 0.652. The molecule has 2 aromatic heterocycles. The maximum atomic E-state index is 12.7. The number of nitrogens with two attached hydrogens (primary N) is 1. The molecular weight excluding hydrogens is 414 g/mol. The van der Waals surface area contributed by atoms with Crippen molar-refractivity contribution in [2.45, 2.75) is 51.3 Å². The van der Waals surface area contributed by atoms with Crippen LogP contribution in [0.25, 0.3) is 11.3 Å². The number of alkyl halides is 2. The molecule has 1 aliphatic heterocycles. The van der Waals surface area contributed by atoms with E-state index in [4.69, 9.17) is 10.8 Å². The third kappa shape index (κ3) is 3.96. The largest absolute Gasteiger partial charge is 0.431 e. The number of fused-ring (bicyclic) bond motifs is 1. The van der Waals surface area contributed by atoms with Gasteiger partial charge in [0, 0.05) is 61.6 Å². The van der Waals surface area contributed by atoms with E-state index in [1.54, 1.807) is 6.20 Å². The minimum absolute atomic E-state index is 0.0516. The minimum Gasteiger partial charge on any atom is -0.431 e. The molecular formula is C23H32F2N6O. The standard InChI is InChI=1S/C23H32F2N6O/c1-13(2)31-19(11-18(28-31)14-8-20(32-23(24)25)22(26)27-12-14)21-16-9-15(10-17(16)21)30-6-4-29(3)5-7-30/h8,11-13,15-17,21,23H,4-7,9-10H2,1-3H3,(H2,26,27)/t15-,16+,17-,21-. The lowest BCUT2D eigenvalue weighted by atomic mass is 10.0. The van der Waals surface area contributed by atoms with Gasteiger partial charge in [0.05, 0.1) is 5.69 Å². The van der Waals surface area contributed by atoms with Gasteiger partial charge in [-0.15, -0.1) is 0 Å². The van der Waals surface area contributed by atoms with Crippen LogP contribution in [0, 0.1) is 11.8 Å². The molecule has 174 valence electrons. The summed E-state index contributed by atoms with van der Waals surface area (Å²) in [5, 5.41) is 4.81. The summed E-state index contributed by atoms with van der Waals surface area (Å²) >= 11 is 0. The fourth-order valence-electron chi connectivity index (χ4n) is 5.73.